The molecule has 24 heavy (non-hydrogen) atoms. The number of halogens is 1. The van der Waals surface area contributed by atoms with Crippen LogP contribution in [0.1, 0.15) is 44.0 Å². The van der Waals surface area contributed by atoms with Crippen LogP contribution in [-0.2, 0) is 9.59 Å². The number of rotatable bonds is 3. The fraction of sp³-hybridized carbons (Fsp3) is 0.471. The average molecular weight is 352 g/mol. The molecular formula is C17H22ClN3O3. The highest BCUT2D eigenvalue weighted by molar-refractivity contribution is 6.34. The number of hydrogen-bond donors (Lipinski definition) is 2. The number of hydrogen-bond acceptors (Lipinski definition) is 3. The summed E-state index contributed by atoms with van der Waals surface area (Å²) in [6, 6.07) is 4.01. The third-order valence-corrected chi connectivity index (χ3v) is 4.27. The summed E-state index contributed by atoms with van der Waals surface area (Å²) in [7, 11) is 0. The quantitative estimate of drug-likeness (QED) is 0.875. The van der Waals surface area contributed by atoms with Gasteiger partial charge in [-0.25, -0.2) is 0 Å². The minimum Gasteiger partial charge on any atom is -0.366 e. The number of carbonyl (C=O) groups excluding carboxylic acids is 3. The van der Waals surface area contributed by atoms with Gasteiger partial charge in [0.1, 0.15) is 6.04 Å². The van der Waals surface area contributed by atoms with Crippen LogP contribution >= 0.6 is 11.6 Å². The van der Waals surface area contributed by atoms with Crippen molar-refractivity contribution in [2.75, 3.05) is 11.9 Å². The van der Waals surface area contributed by atoms with Crippen LogP contribution in [-0.4, -0.2) is 35.2 Å². The molecule has 1 saturated heterocycles. The number of nitrogens with two attached hydrogens (primary N) is 1. The van der Waals surface area contributed by atoms with Crippen LogP contribution in [0, 0.1) is 5.41 Å². The normalized spacial score (nSPS) is 17.7. The Balaban J connectivity index is 2.13. The first kappa shape index (κ1) is 18.3. The second kappa shape index (κ2) is 6.81. The molecule has 3 N–H and O–H groups in total. The maximum Gasteiger partial charge on any atom is 0.250 e. The number of carbonyl (C=O) groups is 3. The summed E-state index contributed by atoms with van der Waals surface area (Å²) in [5, 5.41) is 2.93. The summed E-state index contributed by atoms with van der Waals surface area (Å²) in [5.41, 5.74) is 5.33. The van der Waals surface area contributed by atoms with Crippen molar-refractivity contribution in [3.05, 3.63) is 28.8 Å². The molecule has 7 heteroatoms. The third kappa shape index (κ3) is 3.87. The number of likely N-dealkylation sites (tertiary alicyclic amines) is 1. The SMILES string of the molecule is CC(C)(C)C(=O)N1CCC[C@@H]1C(=O)Nc1ccc(C(N)=O)c(Cl)c1. The maximum absolute atomic E-state index is 12.5. The Morgan fingerprint density at radius 2 is 1.96 bits per heavy atom. The van der Waals surface area contributed by atoms with E-state index in [1.54, 1.807) is 11.0 Å². The summed E-state index contributed by atoms with van der Waals surface area (Å²) < 4.78 is 0. The Morgan fingerprint density at radius 3 is 2.50 bits per heavy atom. The summed E-state index contributed by atoms with van der Waals surface area (Å²) in [6.45, 7) is 6.09. The van der Waals surface area contributed by atoms with E-state index in [9.17, 15) is 14.4 Å². The van der Waals surface area contributed by atoms with Crippen LogP contribution < -0.4 is 11.1 Å². The molecule has 6 nitrogen and oxygen atoms in total. The lowest BCUT2D eigenvalue weighted by molar-refractivity contribution is -0.143. The molecule has 1 aliphatic heterocycles. The Bertz CT molecular complexity index is 682. The maximum atomic E-state index is 12.5. The Kier molecular flexibility index (Phi) is 5.18. The highest BCUT2D eigenvalue weighted by atomic mass is 35.5. The van der Waals surface area contributed by atoms with E-state index in [4.69, 9.17) is 17.3 Å². The van der Waals surface area contributed by atoms with E-state index in [-0.39, 0.29) is 22.4 Å². The Labute approximate surface area is 146 Å². The van der Waals surface area contributed by atoms with Gasteiger partial charge in [0.25, 0.3) is 0 Å². The molecular weight excluding hydrogens is 330 g/mol. The van der Waals surface area contributed by atoms with Crippen molar-refractivity contribution >= 4 is 35.0 Å². The van der Waals surface area contributed by atoms with E-state index >= 15 is 0 Å². The molecule has 1 aliphatic rings. The zero-order valence-corrected chi connectivity index (χ0v) is 14.8. The smallest absolute Gasteiger partial charge is 0.250 e. The zero-order valence-electron chi connectivity index (χ0n) is 14.1. The molecule has 3 amide bonds. The molecule has 1 heterocycles. The second-order valence-corrected chi connectivity index (χ2v) is 7.36. The summed E-state index contributed by atoms with van der Waals surface area (Å²) in [4.78, 5) is 37.8. The monoisotopic (exact) mass is 351 g/mol. The predicted molar refractivity (Wildman–Crippen MR) is 92.8 cm³/mol. The van der Waals surface area contributed by atoms with E-state index in [2.05, 4.69) is 5.32 Å². The third-order valence-electron chi connectivity index (χ3n) is 3.96. The predicted octanol–water partition coefficient (Wildman–Crippen LogP) is 2.41. The van der Waals surface area contributed by atoms with Crippen molar-refractivity contribution in [1.82, 2.24) is 4.90 Å². The van der Waals surface area contributed by atoms with Gasteiger partial charge < -0.3 is 16.0 Å². The molecule has 0 bridgehead atoms. The highest BCUT2D eigenvalue weighted by Gasteiger charge is 2.38. The number of amides is 3. The van der Waals surface area contributed by atoms with E-state index in [0.717, 1.165) is 6.42 Å². The molecule has 1 aromatic rings. The molecule has 0 radical (unpaired) electrons. The molecule has 0 unspecified atom stereocenters. The van der Waals surface area contributed by atoms with Crippen molar-refractivity contribution in [3.63, 3.8) is 0 Å². The highest BCUT2D eigenvalue weighted by Crippen LogP contribution is 2.27. The topological polar surface area (TPSA) is 92.5 Å². The van der Waals surface area contributed by atoms with E-state index in [0.29, 0.717) is 18.7 Å². The molecule has 0 aromatic heterocycles. The first-order valence-electron chi connectivity index (χ1n) is 7.82. The van der Waals surface area contributed by atoms with Gasteiger partial charge in [0.05, 0.1) is 10.6 Å². The minimum atomic E-state index is -0.629. The van der Waals surface area contributed by atoms with Crippen LogP contribution in [0.5, 0.6) is 0 Å². The van der Waals surface area contributed by atoms with Crippen molar-refractivity contribution in [1.29, 1.82) is 0 Å². The van der Waals surface area contributed by atoms with Gasteiger partial charge in [0.2, 0.25) is 17.7 Å². The molecule has 2 rings (SSSR count). The first-order valence-corrected chi connectivity index (χ1v) is 8.20. The first-order chi connectivity index (χ1) is 11.1. The lowest BCUT2D eigenvalue weighted by atomic mass is 9.94. The van der Waals surface area contributed by atoms with Crippen molar-refractivity contribution < 1.29 is 14.4 Å². The Hall–Kier alpha value is -2.08. The number of benzene rings is 1. The van der Waals surface area contributed by atoms with E-state index < -0.39 is 17.4 Å². The summed E-state index contributed by atoms with van der Waals surface area (Å²) >= 11 is 5.99. The molecule has 1 fully saturated rings. The van der Waals surface area contributed by atoms with Crippen LogP contribution in [0.15, 0.2) is 18.2 Å². The summed E-state index contributed by atoms with van der Waals surface area (Å²) in [5.74, 6) is -0.925. The van der Waals surface area contributed by atoms with Gasteiger partial charge in [0, 0.05) is 17.6 Å². The fourth-order valence-corrected chi connectivity index (χ4v) is 3.01. The molecule has 0 spiro atoms. The fourth-order valence-electron chi connectivity index (χ4n) is 2.73. The van der Waals surface area contributed by atoms with Crippen LogP contribution in [0.2, 0.25) is 5.02 Å². The van der Waals surface area contributed by atoms with Crippen LogP contribution in [0.25, 0.3) is 0 Å². The molecule has 0 saturated carbocycles. The van der Waals surface area contributed by atoms with Gasteiger partial charge in [-0.1, -0.05) is 32.4 Å². The average Bonchev–Trinajstić information content (AvgIpc) is 2.94. The molecule has 130 valence electrons. The van der Waals surface area contributed by atoms with Crippen molar-refractivity contribution in [3.8, 4) is 0 Å². The molecule has 1 aromatic carbocycles. The van der Waals surface area contributed by atoms with Gasteiger partial charge in [-0.05, 0) is 31.0 Å². The number of nitrogens with one attached hydrogen (secondary N) is 1. The van der Waals surface area contributed by atoms with Gasteiger partial charge in [-0.15, -0.1) is 0 Å². The van der Waals surface area contributed by atoms with Crippen LogP contribution in [0.4, 0.5) is 5.69 Å². The van der Waals surface area contributed by atoms with Crippen molar-refractivity contribution in [2.24, 2.45) is 11.1 Å². The minimum absolute atomic E-state index is 0.0396. The summed E-state index contributed by atoms with van der Waals surface area (Å²) in [6.07, 6.45) is 1.42. The second-order valence-electron chi connectivity index (χ2n) is 6.95. The van der Waals surface area contributed by atoms with Gasteiger partial charge in [-0.2, -0.15) is 0 Å². The van der Waals surface area contributed by atoms with Gasteiger partial charge >= 0.3 is 0 Å². The van der Waals surface area contributed by atoms with E-state index in [1.807, 2.05) is 20.8 Å². The zero-order chi connectivity index (χ0) is 18.1. The number of nitrogens with zero attached hydrogens (tertiary/aromatic N) is 1. The largest absolute Gasteiger partial charge is 0.366 e. The molecule has 1 atom stereocenters. The van der Waals surface area contributed by atoms with Gasteiger partial charge in [-0.3, -0.25) is 14.4 Å². The van der Waals surface area contributed by atoms with Gasteiger partial charge in [0.15, 0.2) is 0 Å². The Morgan fingerprint density at radius 1 is 1.29 bits per heavy atom. The lowest BCUT2D eigenvalue weighted by Crippen LogP contribution is -2.47. The number of primary amides is 1. The molecule has 0 aliphatic carbocycles. The van der Waals surface area contributed by atoms with E-state index in [1.165, 1.54) is 12.1 Å². The number of anilines is 1. The van der Waals surface area contributed by atoms with Crippen LogP contribution in [0.3, 0.4) is 0 Å². The standard InChI is InChI=1S/C17H22ClN3O3/c1-17(2,3)16(24)21-8-4-5-13(21)15(23)20-10-6-7-11(14(19)22)12(18)9-10/h6-7,9,13H,4-5,8H2,1-3H3,(H2,19,22)(H,20,23)/t13-/m1/s1. The lowest BCUT2D eigenvalue weighted by Gasteiger charge is -2.30. The van der Waals surface area contributed by atoms with Crippen molar-refractivity contribution in [2.45, 2.75) is 39.7 Å².